The standard InChI is InChI=1S/C11H21N3O2S/c1-14(9-11-2-3-11)17(15,16)13-8-10-4-6-12-7-5-10/h4,11-13H,2-3,5-9H2,1H3. The van der Waals surface area contributed by atoms with Crippen LogP contribution in [0.2, 0.25) is 0 Å². The molecule has 0 unspecified atom stereocenters. The monoisotopic (exact) mass is 259 g/mol. The molecule has 0 bridgehead atoms. The van der Waals surface area contributed by atoms with Crippen LogP contribution in [0, 0.1) is 5.92 Å². The summed E-state index contributed by atoms with van der Waals surface area (Å²) in [6.45, 7) is 2.87. The molecular formula is C11H21N3O2S. The first-order chi connectivity index (χ1) is 8.08. The molecule has 5 nitrogen and oxygen atoms in total. The van der Waals surface area contributed by atoms with Crippen molar-refractivity contribution in [2.24, 2.45) is 5.92 Å². The van der Waals surface area contributed by atoms with Crippen LogP contribution in [0.3, 0.4) is 0 Å². The lowest BCUT2D eigenvalue weighted by Gasteiger charge is -2.19. The van der Waals surface area contributed by atoms with Gasteiger partial charge in [-0.1, -0.05) is 11.6 Å². The number of hydrogen-bond acceptors (Lipinski definition) is 3. The molecule has 0 aromatic rings. The largest absolute Gasteiger partial charge is 0.313 e. The molecule has 1 aliphatic carbocycles. The van der Waals surface area contributed by atoms with Crippen molar-refractivity contribution in [3.05, 3.63) is 11.6 Å². The third-order valence-corrected chi connectivity index (χ3v) is 4.74. The first-order valence-electron chi connectivity index (χ1n) is 6.17. The zero-order chi connectivity index (χ0) is 12.3. The van der Waals surface area contributed by atoms with E-state index >= 15 is 0 Å². The Bertz CT molecular complexity index is 388. The van der Waals surface area contributed by atoms with Crippen molar-refractivity contribution in [3.63, 3.8) is 0 Å². The summed E-state index contributed by atoms with van der Waals surface area (Å²) in [6.07, 6.45) is 5.31. The van der Waals surface area contributed by atoms with Crippen molar-refractivity contribution in [2.75, 3.05) is 33.2 Å². The maximum Gasteiger partial charge on any atom is 0.279 e. The minimum absolute atomic E-state index is 0.443. The van der Waals surface area contributed by atoms with Gasteiger partial charge in [0.05, 0.1) is 0 Å². The van der Waals surface area contributed by atoms with Gasteiger partial charge in [0.25, 0.3) is 10.2 Å². The average molecular weight is 259 g/mol. The zero-order valence-corrected chi connectivity index (χ0v) is 11.1. The van der Waals surface area contributed by atoms with Gasteiger partial charge in [-0.05, 0) is 31.7 Å². The van der Waals surface area contributed by atoms with Gasteiger partial charge < -0.3 is 5.32 Å². The van der Waals surface area contributed by atoms with Crippen LogP contribution in [0.15, 0.2) is 11.6 Å². The molecule has 0 saturated heterocycles. The number of rotatable bonds is 6. The zero-order valence-electron chi connectivity index (χ0n) is 10.3. The van der Waals surface area contributed by atoms with Crippen molar-refractivity contribution in [1.82, 2.24) is 14.3 Å². The Hall–Kier alpha value is -0.430. The Morgan fingerprint density at radius 3 is 2.88 bits per heavy atom. The van der Waals surface area contributed by atoms with E-state index in [0.29, 0.717) is 19.0 Å². The predicted octanol–water partition coefficient (Wildman–Crippen LogP) is 0.0823. The minimum atomic E-state index is -3.29. The first-order valence-corrected chi connectivity index (χ1v) is 7.61. The summed E-state index contributed by atoms with van der Waals surface area (Å²) in [5.41, 5.74) is 1.17. The summed E-state index contributed by atoms with van der Waals surface area (Å²) >= 11 is 0. The summed E-state index contributed by atoms with van der Waals surface area (Å²) in [6, 6.07) is 0. The van der Waals surface area contributed by atoms with E-state index in [1.807, 2.05) is 0 Å². The summed E-state index contributed by atoms with van der Waals surface area (Å²) in [5.74, 6) is 0.578. The molecule has 0 amide bonds. The molecule has 0 spiro atoms. The first kappa shape index (κ1) is 13.0. The van der Waals surface area contributed by atoms with Crippen LogP contribution >= 0.6 is 0 Å². The smallest absolute Gasteiger partial charge is 0.279 e. The minimum Gasteiger partial charge on any atom is -0.313 e. The Labute approximate surface area is 103 Å². The van der Waals surface area contributed by atoms with Gasteiger partial charge in [-0.15, -0.1) is 0 Å². The van der Waals surface area contributed by atoms with E-state index in [9.17, 15) is 8.42 Å². The SMILES string of the molecule is CN(CC1CC1)S(=O)(=O)NCC1=CCNCC1. The lowest BCUT2D eigenvalue weighted by atomic mass is 10.1. The van der Waals surface area contributed by atoms with E-state index in [2.05, 4.69) is 16.1 Å². The maximum atomic E-state index is 11.9. The quantitative estimate of drug-likeness (QED) is 0.664. The van der Waals surface area contributed by atoms with Crippen molar-refractivity contribution < 1.29 is 8.42 Å². The summed E-state index contributed by atoms with van der Waals surface area (Å²) in [7, 11) is -1.64. The van der Waals surface area contributed by atoms with Gasteiger partial charge in [0.2, 0.25) is 0 Å². The molecule has 1 aliphatic heterocycles. The lowest BCUT2D eigenvalue weighted by molar-refractivity contribution is 0.444. The fourth-order valence-electron chi connectivity index (χ4n) is 1.89. The molecule has 98 valence electrons. The highest BCUT2D eigenvalue weighted by molar-refractivity contribution is 7.87. The molecule has 2 rings (SSSR count). The van der Waals surface area contributed by atoms with Gasteiger partial charge in [0.15, 0.2) is 0 Å². The maximum absolute atomic E-state index is 11.9. The van der Waals surface area contributed by atoms with Crippen molar-refractivity contribution in [2.45, 2.75) is 19.3 Å². The molecule has 0 aromatic carbocycles. The Morgan fingerprint density at radius 2 is 2.29 bits per heavy atom. The van der Waals surface area contributed by atoms with Gasteiger partial charge >= 0.3 is 0 Å². The second-order valence-corrected chi connectivity index (χ2v) is 6.73. The van der Waals surface area contributed by atoms with E-state index in [4.69, 9.17) is 0 Å². The molecule has 1 heterocycles. The van der Waals surface area contributed by atoms with Crippen LogP contribution in [0.1, 0.15) is 19.3 Å². The fourth-order valence-corrected chi connectivity index (χ4v) is 2.88. The van der Waals surface area contributed by atoms with Crippen molar-refractivity contribution in [1.29, 1.82) is 0 Å². The van der Waals surface area contributed by atoms with E-state index in [0.717, 1.165) is 32.4 Å². The molecule has 6 heteroatoms. The normalized spacial score (nSPS) is 21.6. The van der Waals surface area contributed by atoms with Crippen LogP contribution in [0.25, 0.3) is 0 Å². The van der Waals surface area contributed by atoms with E-state index in [1.165, 1.54) is 9.88 Å². The van der Waals surface area contributed by atoms with Gasteiger partial charge in [0.1, 0.15) is 0 Å². The fraction of sp³-hybridized carbons (Fsp3) is 0.818. The summed E-state index contributed by atoms with van der Waals surface area (Å²) in [5, 5.41) is 3.20. The molecule has 0 radical (unpaired) electrons. The second kappa shape index (κ2) is 5.48. The van der Waals surface area contributed by atoms with Crippen LogP contribution in [-0.2, 0) is 10.2 Å². The average Bonchev–Trinajstić information content (AvgIpc) is 3.12. The van der Waals surface area contributed by atoms with Gasteiger partial charge in [0, 0.05) is 26.7 Å². The van der Waals surface area contributed by atoms with Gasteiger partial charge in [-0.3, -0.25) is 0 Å². The van der Waals surface area contributed by atoms with E-state index < -0.39 is 10.2 Å². The van der Waals surface area contributed by atoms with E-state index in [1.54, 1.807) is 7.05 Å². The highest BCUT2D eigenvalue weighted by Gasteiger charge is 2.27. The third-order valence-electron chi connectivity index (χ3n) is 3.26. The Balaban J connectivity index is 1.81. The molecule has 0 aromatic heterocycles. The molecular weight excluding hydrogens is 238 g/mol. The van der Waals surface area contributed by atoms with Crippen LogP contribution in [0.5, 0.6) is 0 Å². The van der Waals surface area contributed by atoms with Gasteiger partial charge in [-0.25, -0.2) is 0 Å². The van der Waals surface area contributed by atoms with Gasteiger partial charge in [-0.2, -0.15) is 17.4 Å². The van der Waals surface area contributed by atoms with Crippen molar-refractivity contribution in [3.8, 4) is 0 Å². The highest BCUT2D eigenvalue weighted by Crippen LogP contribution is 2.29. The molecule has 17 heavy (non-hydrogen) atoms. The number of hydrogen-bond donors (Lipinski definition) is 2. The molecule has 1 fully saturated rings. The summed E-state index contributed by atoms with van der Waals surface area (Å²) < 4.78 is 27.9. The third kappa shape index (κ3) is 4.06. The Kier molecular flexibility index (Phi) is 4.19. The summed E-state index contributed by atoms with van der Waals surface area (Å²) in [4.78, 5) is 0. The Morgan fingerprint density at radius 1 is 1.53 bits per heavy atom. The molecule has 1 saturated carbocycles. The molecule has 2 N–H and O–H groups in total. The predicted molar refractivity (Wildman–Crippen MR) is 67.8 cm³/mol. The second-order valence-electron chi connectivity index (χ2n) is 4.87. The molecule has 2 aliphatic rings. The highest BCUT2D eigenvalue weighted by atomic mass is 32.2. The number of nitrogens with zero attached hydrogens (tertiary/aromatic N) is 1. The van der Waals surface area contributed by atoms with Crippen LogP contribution in [0.4, 0.5) is 0 Å². The topological polar surface area (TPSA) is 61.4 Å². The lowest BCUT2D eigenvalue weighted by Crippen LogP contribution is -2.40. The van der Waals surface area contributed by atoms with Crippen molar-refractivity contribution >= 4 is 10.2 Å². The van der Waals surface area contributed by atoms with Crippen LogP contribution in [-0.4, -0.2) is 45.9 Å². The van der Waals surface area contributed by atoms with Crippen LogP contribution < -0.4 is 10.0 Å². The molecule has 0 atom stereocenters. The van der Waals surface area contributed by atoms with E-state index in [-0.39, 0.29) is 0 Å². The number of nitrogens with one attached hydrogen (secondary N) is 2.